The number of aromatic nitrogens is 2. The number of hydrogen-bond acceptors (Lipinski definition) is 4. The van der Waals surface area contributed by atoms with Gasteiger partial charge in [-0.1, -0.05) is 26.3 Å². The maximum Gasteiger partial charge on any atom is 0.250 e. The van der Waals surface area contributed by atoms with Crippen molar-refractivity contribution in [2.75, 3.05) is 32.7 Å². The highest BCUT2D eigenvalue weighted by Gasteiger charge is 2.29. The Hall–Kier alpha value is -1.92. The summed E-state index contributed by atoms with van der Waals surface area (Å²) in [6.45, 7) is 11.1. The van der Waals surface area contributed by atoms with Crippen molar-refractivity contribution in [2.45, 2.75) is 70.9 Å². The van der Waals surface area contributed by atoms with Crippen LogP contribution in [0.2, 0.25) is 0 Å². The van der Waals surface area contributed by atoms with Crippen molar-refractivity contribution in [1.29, 1.82) is 0 Å². The lowest BCUT2D eigenvalue weighted by Gasteiger charge is -2.35. The summed E-state index contributed by atoms with van der Waals surface area (Å²) in [6.07, 6.45) is 7.51. The molecule has 4 rings (SSSR count). The van der Waals surface area contributed by atoms with Crippen LogP contribution >= 0.6 is 0 Å². The van der Waals surface area contributed by atoms with E-state index in [1.54, 1.807) is 0 Å². The molecule has 6 heteroatoms. The van der Waals surface area contributed by atoms with E-state index in [0.29, 0.717) is 17.5 Å². The second-order valence-corrected chi connectivity index (χ2v) is 9.04. The number of nitrogens with zero attached hydrogens (tertiary/aromatic N) is 4. The molecule has 0 radical (unpaired) electrons. The van der Waals surface area contributed by atoms with E-state index in [-0.39, 0.29) is 0 Å². The van der Waals surface area contributed by atoms with Gasteiger partial charge in [-0.2, -0.15) is 0 Å². The number of amides is 1. The average Bonchev–Trinajstić information content (AvgIpc) is 3.36. The van der Waals surface area contributed by atoms with Gasteiger partial charge in [0, 0.05) is 31.6 Å². The molecule has 164 valence electrons. The Balaban J connectivity index is 1.65. The summed E-state index contributed by atoms with van der Waals surface area (Å²) in [5.74, 6) is 1.17. The summed E-state index contributed by atoms with van der Waals surface area (Å²) in [5, 5.41) is 0. The number of carbonyl (C=O) groups is 1. The SMILES string of the molecule is CCCN1CCC(c2nc3c(C(N)=O)cccc3n2CCN2CCCCC2CC)C1. The molecule has 30 heavy (non-hydrogen) atoms. The summed E-state index contributed by atoms with van der Waals surface area (Å²) >= 11 is 0. The molecule has 2 atom stereocenters. The molecule has 1 aromatic heterocycles. The number of primary amides is 1. The van der Waals surface area contributed by atoms with Crippen LogP contribution in [0, 0.1) is 0 Å². The van der Waals surface area contributed by atoms with Crippen LogP contribution < -0.4 is 5.73 Å². The number of piperidine rings is 1. The van der Waals surface area contributed by atoms with E-state index < -0.39 is 5.91 Å². The molecule has 2 aliphatic heterocycles. The van der Waals surface area contributed by atoms with Crippen molar-refractivity contribution in [3.8, 4) is 0 Å². The predicted octanol–water partition coefficient (Wildman–Crippen LogP) is 3.60. The highest BCUT2D eigenvalue weighted by atomic mass is 16.1. The summed E-state index contributed by atoms with van der Waals surface area (Å²) in [6, 6.07) is 6.55. The molecule has 1 amide bonds. The van der Waals surface area contributed by atoms with Gasteiger partial charge in [0.25, 0.3) is 5.91 Å². The highest BCUT2D eigenvalue weighted by molar-refractivity contribution is 6.04. The zero-order chi connectivity index (χ0) is 21.1. The third-order valence-corrected chi connectivity index (χ3v) is 7.08. The quantitative estimate of drug-likeness (QED) is 0.721. The largest absolute Gasteiger partial charge is 0.366 e. The fourth-order valence-corrected chi connectivity index (χ4v) is 5.52. The van der Waals surface area contributed by atoms with Gasteiger partial charge in [-0.25, -0.2) is 4.98 Å². The molecule has 0 saturated carbocycles. The van der Waals surface area contributed by atoms with E-state index >= 15 is 0 Å². The first-order valence-electron chi connectivity index (χ1n) is 11.9. The van der Waals surface area contributed by atoms with Crippen LogP contribution in [0.4, 0.5) is 0 Å². The van der Waals surface area contributed by atoms with Crippen molar-refractivity contribution in [3.05, 3.63) is 29.6 Å². The maximum atomic E-state index is 12.0. The third-order valence-electron chi connectivity index (χ3n) is 7.08. The van der Waals surface area contributed by atoms with Crippen molar-refractivity contribution in [2.24, 2.45) is 5.73 Å². The molecule has 0 spiro atoms. The van der Waals surface area contributed by atoms with Crippen LogP contribution in [-0.2, 0) is 6.54 Å². The Kier molecular flexibility index (Phi) is 6.74. The Bertz CT molecular complexity index is 876. The summed E-state index contributed by atoms with van der Waals surface area (Å²) < 4.78 is 2.39. The zero-order valence-corrected chi connectivity index (χ0v) is 18.6. The van der Waals surface area contributed by atoms with Crippen LogP contribution in [0.3, 0.4) is 0 Å². The Morgan fingerprint density at radius 1 is 1.13 bits per heavy atom. The molecule has 6 nitrogen and oxygen atoms in total. The molecule has 2 aliphatic rings. The average molecular weight is 412 g/mol. The predicted molar refractivity (Wildman–Crippen MR) is 122 cm³/mol. The standard InChI is InChI=1S/C24H37N5O/c1-3-12-27-14-11-18(17-27)24-26-22-20(23(25)30)9-7-10-21(22)29(24)16-15-28-13-6-5-8-19(28)4-2/h7,9-10,18-19H,3-6,8,11-17H2,1-2H3,(H2,25,30). The van der Waals surface area contributed by atoms with Gasteiger partial charge in [0.2, 0.25) is 0 Å². The molecule has 0 aliphatic carbocycles. The van der Waals surface area contributed by atoms with E-state index in [9.17, 15) is 4.79 Å². The van der Waals surface area contributed by atoms with Gasteiger partial charge in [0.05, 0.1) is 11.1 Å². The molecule has 2 saturated heterocycles. The molecular weight excluding hydrogens is 374 g/mol. The minimum Gasteiger partial charge on any atom is -0.366 e. The molecule has 2 aromatic rings. The zero-order valence-electron chi connectivity index (χ0n) is 18.6. The number of imidazole rings is 1. The van der Waals surface area contributed by atoms with Crippen molar-refractivity contribution < 1.29 is 4.79 Å². The minimum atomic E-state index is -0.391. The Labute approximate surface area is 180 Å². The molecule has 2 unspecified atom stereocenters. The normalized spacial score (nSPS) is 23.4. The molecule has 0 bridgehead atoms. The highest BCUT2D eigenvalue weighted by Crippen LogP contribution is 2.31. The van der Waals surface area contributed by atoms with Crippen LogP contribution in [0.15, 0.2) is 18.2 Å². The topological polar surface area (TPSA) is 67.4 Å². The Morgan fingerprint density at radius 3 is 2.77 bits per heavy atom. The van der Waals surface area contributed by atoms with Gasteiger partial charge >= 0.3 is 0 Å². The van der Waals surface area contributed by atoms with Crippen LogP contribution in [-0.4, -0.2) is 64.0 Å². The van der Waals surface area contributed by atoms with E-state index in [1.165, 1.54) is 38.6 Å². The molecule has 2 N–H and O–H groups in total. The van der Waals surface area contributed by atoms with Gasteiger partial charge in [0.1, 0.15) is 11.3 Å². The summed E-state index contributed by atoms with van der Waals surface area (Å²) in [5.41, 5.74) is 8.05. The second-order valence-electron chi connectivity index (χ2n) is 9.04. The van der Waals surface area contributed by atoms with E-state index in [0.717, 1.165) is 56.0 Å². The van der Waals surface area contributed by atoms with Crippen LogP contribution in [0.1, 0.15) is 74.5 Å². The molecule has 3 heterocycles. The number of nitrogens with two attached hydrogens (primary N) is 1. The number of fused-ring (bicyclic) bond motifs is 1. The van der Waals surface area contributed by atoms with Crippen molar-refractivity contribution in [1.82, 2.24) is 19.4 Å². The van der Waals surface area contributed by atoms with Gasteiger partial charge in [0.15, 0.2) is 0 Å². The number of hydrogen-bond donors (Lipinski definition) is 1. The number of likely N-dealkylation sites (tertiary alicyclic amines) is 2. The van der Waals surface area contributed by atoms with Crippen LogP contribution in [0.25, 0.3) is 11.0 Å². The summed E-state index contributed by atoms with van der Waals surface area (Å²) in [4.78, 5) is 22.3. The number of carbonyl (C=O) groups excluding carboxylic acids is 1. The molecule has 1 aromatic carbocycles. The van der Waals surface area contributed by atoms with E-state index in [4.69, 9.17) is 10.7 Å². The first-order chi connectivity index (χ1) is 14.6. The molecule has 2 fully saturated rings. The first-order valence-corrected chi connectivity index (χ1v) is 11.9. The van der Waals surface area contributed by atoms with Gasteiger partial charge in [-0.05, 0) is 63.9 Å². The minimum absolute atomic E-state index is 0.391. The number of benzene rings is 1. The molecular formula is C24H37N5O. The van der Waals surface area contributed by atoms with Gasteiger partial charge in [-0.3, -0.25) is 9.69 Å². The third kappa shape index (κ3) is 4.26. The van der Waals surface area contributed by atoms with E-state index in [2.05, 4.69) is 34.3 Å². The number of para-hydroxylation sites is 1. The van der Waals surface area contributed by atoms with Crippen molar-refractivity contribution in [3.63, 3.8) is 0 Å². The second kappa shape index (κ2) is 9.48. The lowest BCUT2D eigenvalue weighted by atomic mass is 10.0. The fraction of sp³-hybridized carbons (Fsp3) is 0.667. The lowest BCUT2D eigenvalue weighted by molar-refractivity contribution is 0.100. The van der Waals surface area contributed by atoms with E-state index in [1.807, 2.05) is 12.1 Å². The summed E-state index contributed by atoms with van der Waals surface area (Å²) in [7, 11) is 0. The smallest absolute Gasteiger partial charge is 0.250 e. The van der Waals surface area contributed by atoms with Crippen molar-refractivity contribution >= 4 is 16.9 Å². The fourth-order valence-electron chi connectivity index (χ4n) is 5.52. The van der Waals surface area contributed by atoms with Gasteiger partial charge in [-0.15, -0.1) is 0 Å². The van der Waals surface area contributed by atoms with Gasteiger partial charge < -0.3 is 15.2 Å². The Morgan fingerprint density at radius 2 is 2.00 bits per heavy atom. The number of rotatable bonds is 8. The first kappa shape index (κ1) is 21.3. The van der Waals surface area contributed by atoms with Crippen LogP contribution in [0.5, 0.6) is 0 Å². The monoisotopic (exact) mass is 411 g/mol. The maximum absolute atomic E-state index is 12.0. The lowest BCUT2D eigenvalue weighted by Crippen LogP contribution is -2.41.